The molecule has 4 aliphatic carbocycles. The Morgan fingerprint density at radius 3 is 0.714 bits per heavy atom. The lowest BCUT2D eigenvalue weighted by molar-refractivity contribution is 0.0877. The summed E-state index contributed by atoms with van der Waals surface area (Å²) >= 11 is 0. The van der Waals surface area contributed by atoms with Crippen LogP contribution in [-0.4, -0.2) is 23.6 Å². The molecule has 2 heterocycles. The number of carbonyl (C=O) groups excluding carboxylic acids is 4. The smallest absolute Gasteiger partial charge is 0.266 e. The van der Waals surface area contributed by atoms with Crippen molar-refractivity contribution in [3.05, 3.63) is 226 Å². The molecule has 17 rings (SSSR count). The molecule has 0 aromatic heterocycles. The summed E-state index contributed by atoms with van der Waals surface area (Å²) in [7, 11) is 0. The largest absolute Gasteiger partial charge is 0.457 e. The molecule has 98 heavy (non-hydrogen) atoms. The minimum Gasteiger partial charge on any atom is -0.457 e. The van der Waals surface area contributed by atoms with E-state index in [1.165, 1.54) is 113 Å². The van der Waals surface area contributed by atoms with Gasteiger partial charge in [-0.3, -0.25) is 19.2 Å². The summed E-state index contributed by atoms with van der Waals surface area (Å²) in [5.41, 5.74) is 6.46. The van der Waals surface area contributed by atoms with Gasteiger partial charge in [-0.05, 0) is 170 Å². The van der Waals surface area contributed by atoms with Crippen LogP contribution in [0.4, 0.5) is 11.4 Å². The van der Waals surface area contributed by atoms with E-state index in [1.807, 2.05) is 146 Å². The van der Waals surface area contributed by atoms with Gasteiger partial charge in [-0.1, -0.05) is 212 Å². The zero-order valence-electron chi connectivity index (χ0n) is 55.8. The number of imide groups is 2. The van der Waals surface area contributed by atoms with E-state index in [4.69, 9.17) is 18.9 Å². The zero-order valence-corrected chi connectivity index (χ0v) is 55.8. The highest BCUT2D eigenvalue weighted by Gasteiger charge is 2.44. The van der Waals surface area contributed by atoms with E-state index in [-0.39, 0.29) is 22.3 Å². The van der Waals surface area contributed by atoms with Gasteiger partial charge in [0.2, 0.25) is 0 Å². The second-order valence-electron chi connectivity index (χ2n) is 28.8. The van der Waals surface area contributed by atoms with Gasteiger partial charge >= 0.3 is 0 Å². The maximum Gasteiger partial charge on any atom is 0.266 e. The van der Waals surface area contributed by atoms with Crippen LogP contribution in [0.2, 0.25) is 0 Å². The topological polar surface area (TPSA) is 112 Å². The van der Waals surface area contributed by atoms with Crippen LogP contribution in [0.3, 0.4) is 0 Å². The van der Waals surface area contributed by atoms with Gasteiger partial charge in [0.15, 0.2) is 0 Å². The van der Waals surface area contributed by atoms with E-state index in [1.54, 1.807) is 0 Å². The predicted octanol–water partition coefficient (Wildman–Crippen LogP) is 23.0. The Morgan fingerprint density at radius 2 is 0.490 bits per heavy atom. The Kier molecular flexibility index (Phi) is 16.7. The van der Waals surface area contributed by atoms with Crippen LogP contribution in [0, 0.1) is 23.7 Å². The lowest BCUT2D eigenvalue weighted by Gasteiger charge is -2.34. The molecule has 10 heteroatoms. The van der Waals surface area contributed by atoms with Crippen molar-refractivity contribution in [1.29, 1.82) is 0 Å². The molecule has 0 atom stereocenters. The first-order valence-corrected chi connectivity index (χ1v) is 36.5. The van der Waals surface area contributed by atoms with E-state index in [9.17, 15) is 0 Å². The van der Waals surface area contributed by atoms with Crippen molar-refractivity contribution in [2.24, 2.45) is 23.7 Å². The third-order valence-corrected chi connectivity index (χ3v) is 22.8. The second-order valence-corrected chi connectivity index (χ2v) is 28.8. The Morgan fingerprint density at radius 1 is 0.265 bits per heavy atom. The normalized spacial score (nSPS) is 16.9. The molecule has 0 radical (unpaired) electrons. The van der Waals surface area contributed by atoms with Crippen molar-refractivity contribution in [2.45, 2.75) is 154 Å². The molecule has 0 saturated heterocycles. The molecule has 4 saturated carbocycles. The first-order chi connectivity index (χ1) is 48.3. The number of fused-ring (bicyclic) bond motifs is 2. The summed E-state index contributed by atoms with van der Waals surface area (Å²) in [5.74, 6) is 3.71. The molecule has 2 aliphatic heterocycles. The second kappa shape index (κ2) is 26.6. The Labute approximate surface area is 573 Å². The molecule has 0 bridgehead atoms. The highest BCUT2D eigenvalue weighted by molar-refractivity contribution is 6.48. The molecular formula is C88H82N2O8. The number of para-hydroxylation sites is 6. The fourth-order valence-corrected chi connectivity index (χ4v) is 18.0. The maximum absolute atomic E-state index is 16.7. The monoisotopic (exact) mass is 1290 g/mol. The van der Waals surface area contributed by atoms with Gasteiger partial charge in [-0.15, -0.1) is 0 Å². The van der Waals surface area contributed by atoms with Gasteiger partial charge in [-0.2, -0.15) is 0 Å². The van der Waals surface area contributed by atoms with Gasteiger partial charge in [-0.25, -0.2) is 9.80 Å². The van der Waals surface area contributed by atoms with Crippen molar-refractivity contribution in [2.75, 3.05) is 9.80 Å². The third-order valence-electron chi connectivity index (χ3n) is 22.8. The first kappa shape index (κ1) is 61.8. The highest BCUT2D eigenvalue weighted by Crippen LogP contribution is 2.59. The number of rotatable bonds is 22. The zero-order chi connectivity index (χ0) is 65.8. The van der Waals surface area contributed by atoms with Crippen LogP contribution < -0.4 is 28.7 Å². The summed E-state index contributed by atoms with van der Waals surface area (Å²) in [6.45, 7) is 0. The van der Waals surface area contributed by atoms with Crippen molar-refractivity contribution >= 4 is 78.1 Å². The lowest BCUT2D eigenvalue weighted by atomic mass is 9.80. The molecule has 0 unspecified atom stereocenters. The number of ether oxygens (including phenoxy) is 4. The number of hydrogen-bond donors (Lipinski definition) is 0. The number of nitrogens with zero attached hydrogens (tertiary/aromatic N) is 2. The summed E-state index contributed by atoms with van der Waals surface area (Å²) in [5, 5.41) is 3.81. The van der Waals surface area contributed by atoms with Gasteiger partial charge in [0, 0.05) is 43.1 Å². The Hall–Kier alpha value is -9.80. The number of hydrogen-bond acceptors (Lipinski definition) is 8. The van der Waals surface area contributed by atoms with Crippen LogP contribution in [0.25, 0.3) is 43.1 Å². The minimum atomic E-state index is -0.454. The standard InChI is InChI=1S/C88H82N2O8/c91-85-67-51-71(95-63-35-5-1-6-36-63)77-78-72(96-64-37-7-2-8-38-64)52-69-76-70(88(94)90(87(69)93)84-61(49-45-57-27-17-18-28-57)33-22-34-62(84)50-46-58-29-19-20-30-58)54-74(98-66-41-11-4-12-42-66)80(82(76)78)79-73(97-65-39-9-3-10-40-65)53-68(75(67)81(77)79)86(92)89(85)83-59(47-43-55-23-13-14-24-55)31-21-32-60(83)48-44-56-25-15-16-26-56/h1-12,21-22,31-42,51-58H,13-20,23-30,43-50H2. The van der Waals surface area contributed by atoms with Crippen LogP contribution in [0.5, 0.6) is 46.0 Å². The van der Waals surface area contributed by atoms with Crippen molar-refractivity contribution in [1.82, 2.24) is 0 Å². The summed E-state index contributed by atoms with van der Waals surface area (Å²) in [6.07, 6.45) is 26.1. The quantitative estimate of drug-likeness (QED) is 0.0375. The molecule has 492 valence electrons. The van der Waals surface area contributed by atoms with E-state index >= 15 is 19.2 Å². The number of anilines is 2. The summed E-state index contributed by atoms with van der Waals surface area (Å²) in [6, 6.07) is 58.2. The van der Waals surface area contributed by atoms with E-state index < -0.39 is 23.6 Å². The fraction of sp³-hybridized carbons (Fsp3) is 0.318. The SMILES string of the molecule is O=C1c2cc(Oc3ccccc3)c3c4c(Oc5ccccc5)cc5c6c(cc(Oc7ccccc7)c(c7c(Oc8ccccc8)cc(c2c37)C(=O)N1c1c(CCC2CCCC2)cccc1CCC1CCCC1)c64)C(=O)N(c1c(CCC2CCCC2)cccc1CCC1CCCC1)C5=O. The Balaban J connectivity index is 0.966. The predicted molar refractivity (Wildman–Crippen MR) is 390 cm³/mol. The average molecular weight is 1300 g/mol. The van der Waals surface area contributed by atoms with Crippen molar-refractivity contribution in [3.8, 4) is 46.0 Å². The molecule has 11 aromatic rings. The summed E-state index contributed by atoms with van der Waals surface area (Å²) < 4.78 is 29.3. The fourth-order valence-electron chi connectivity index (χ4n) is 18.0. The first-order valence-electron chi connectivity index (χ1n) is 36.5. The Bertz CT molecular complexity index is 4270. The third kappa shape index (κ3) is 11.4. The van der Waals surface area contributed by atoms with E-state index in [0.717, 1.165) is 73.6 Å². The maximum atomic E-state index is 16.7. The molecule has 10 nitrogen and oxygen atoms in total. The molecule has 4 fully saturated rings. The van der Waals surface area contributed by atoms with Crippen LogP contribution in [0.15, 0.2) is 182 Å². The van der Waals surface area contributed by atoms with Gasteiger partial charge in [0.25, 0.3) is 23.6 Å². The summed E-state index contributed by atoms with van der Waals surface area (Å²) in [4.78, 5) is 69.8. The van der Waals surface area contributed by atoms with Gasteiger partial charge in [0.05, 0.1) is 33.6 Å². The van der Waals surface area contributed by atoms with Crippen molar-refractivity contribution in [3.63, 3.8) is 0 Å². The van der Waals surface area contributed by atoms with Crippen LogP contribution in [-0.2, 0) is 25.7 Å². The molecular weight excluding hydrogens is 1210 g/mol. The number of carbonyl (C=O) groups is 4. The lowest BCUT2D eigenvalue weighted by Crippen LogP contribution is -2.42. The molecule has 11 aromatic carbocycles. The van der Waals surface area contributed by atoms with Gasteiger partial charge < -0.3 is 18.9 Å². The molecule has 0 spiro atoms. The molecule has 6 aliphatic rings. The highest BCUT2D eigenvalue weighted by atomic mass is 16.5. The van der Waals surface area contributed by atoms with Gasteiger partial charge in [0.1, 0.15) is 46.0 Å². The van der Waals surface area contributed by atoms with Crippen LogP contribution >= 0.6 is 0 Å². The van der Waals surface area contributed by atoms with Crippen molar-refractivity contribution < 1.29 is 38.1 Å². The van der Waals surface area contributed by atoms with Crippen LogP contribution in [0.1, 0.15) is 192 Å². The van der Waals surface area contributed by atoms with E-state index in [0.29, 0.717) is 124 Å². The number of benzene rings is 11. The number of amides is 4. The average Bonchev–Trinajstić information content (AvgIpc) is 0.797. The molecule has 0 N–H and O–H groups in total. The van der Waals surface area contributed by atoms with E-state index in [2.05, 4.69) is 36.4 Å². The minimum absolute atomic E-state index is 0.283. The molecule has 4 amide bonds. The number of aryl methyl sites for hydroxylation is 4.